The lowest BCUT2D eigenvalue weighted by Crippen LogP contribution is -2.25. The van der Waals surface area contributed by atoms with Gasteiger partial charge in [0.25, 0.3) is 5.91 Å². The third kappa shape index (κ3) is 10.6. The zero-order chi connectivity index (χ0) is 39.3. The molecule has 3 aromatic carbocycles. The summed E-state index contributed by atoms with van der Waals surface area (Å²) in [5, 5.41) is 37.5. The minimum Gasteiger partial charge on any atom is -0.506 e. The van der Waals surface area contributed by atoms with Crippen molar-refractivity contribution in [2.24, 2.45) is 0 Å². The molecular weight excluding hydrogens is 673 g/mol. The van der Waals surface area contributed by atoms with Gasteiger partial charge in [-0.3, -0.25) is 9.36 Å². The lowest BCUT2D eigenvalue weighted by atomic mass is 9.76. The van der Waals surface area contributed by atoms with Crippen LogP contribution in [0.3, 0.4) is 0 Å². The summed E-state index contributed by atoms with van der Waals surface area (Å²) in [7, 11) is 0. The summed E-state index contributed by atoms with van der Waals surface area (Å²) in [5.41, 5.74) is 3.57. The minimum absolute atomic E-state index is 0.0248. The van der Waals surface area contributed by atoms with Gasteiger partial charge >= 0.3 is 0 Å². The number of carbonyl (C=O) groups excluding carboxylic acids is 1. The molecule has 0 radical (unpaired) electrons. The third-order valence-electron chi connectivity index (χ3n) is 11.4. The fraction of sp³-hybridized carbons (Fsp3) is 0.511. The first-order chi connectivity index (χ1) is 25.9. The maximum atomic E-state index is 13.5. The number of phenols is 1. The zero-order valence-corrected chi connectivity index (χ0v) is 34.1. The second-order valence-corrected chi connectivity index (χ2v) is 16.1. The molecule has 0 saturated heterocycles. The molecule has 7 nitrogen and oxygen atoms in total. The number of aromatic nitrogens is 1. The Kier molecular flexibility index (Phi) is 15.5. The molecule has 0 spiro atoms. The van der Waals surface area contributed by atoms with Crippen LogP contribution in [0.25, 0.3) is 22.5 Å². The van der Waals surface area contributed by atoms with Crippen LogP contribution >= 0.6 is 0 Å². The Labute approximate surface area is 324 Å². The van der Waals surface area contributed by atoms with Gasteiger partial charge in [0.05, 0.1) is 17.9 Å². The molecule has 4 aromatic rings. The Hall–Kier alpha value is -4.39. The summed E-state index contributed by atoms with van der Waals surface area (Å²) in [6.45, 7) is 16.7. The standard InChI is InChI=1S/C47H66N2O5/c1-8-11-12-13-14-15-16-17-18-19-24-34-31-42(50)49(45(34)53)40-33-38(43(51)37-26-21-20-25-36(37)40)44(52)48-29-22-23-30-54-41-28-27-35(46(4,5)9-2)32-39(41)47(6,7)10-3/h19-21,24-28,31-33,50-51,53H,8-18,22-23,29-30H2,1-7H3,(H,48,52). The van der Waals surface area contributed by atoms with Crippen LogP contribution in [0.15, 0.2) is 60.7 Å². The molecule has 0 atom stereocenters. The van der Waals surface area contributed by atoms with Gasteiger partial charge in [-0.05, 0) is 67.1 Å². The smallest absolute Gasteiger partial charge is 0.255 e. The van der Waals surface area contributed by atoms with E-state index in [1.165, 1.54) is 72.8 Å². The molecule has 4 rings (SSSR count). The Bertz CT molecular complexity index is 1850. The molecule has 1 amide bonds. The van der Waals surface area contributed by atoms with Crippen molar-refractivity contribution in [3.05, 3.63) is 82.9 Å². The number of phenolic OH excluding ortho intramolecular Hbond substituents is 1. The van der Waals surface area contributed by atoms with Crippen LogP contribution < -0.4 is 10.1 Å². The molecule has 294 valence electrons. The fourth-order valence-corrected chi connectivity index (χ4v) is 6.88. The van der Waals surface area contributed by atoms with Crippen molar-refractivity contribution >= 4 is 22.8 Å². The number of nitrogens with one attached hydrogen (secondary N) is 1. The van der Waals surface area contributed by atoms with Crippen molar-refractivity contribution in [3.63, 3.8) is 0 Å². The highest BCUT2D eigenvalue weighted by molar-refractivity contribution is 6.06. The molecule has 0 aliphatic heterocycles. The van der Waals surface area contributed by atoms with Gasteiger partial charge in [0.2, 0.25) is 5.88 Å². The number of aromatic hydroxyl groups is 3. The predicted molar refractivity (Wildman–Crippen MR) is 225 cm³/mol. The van der Waals surface area contributed by atoms with E-state index in [0.29, 0.717) is 41.6 Å². The molecule has 0 fully saturated rings. The quantitative estimate of drug-likeness (QED) is 0.0601. The van der Waals surface area contributed by atoms with Gasteiger partial charge in [-0.2, -0.15) is 0 Å². The van der Waals surface area contributed by atoms with Crippen molar-refractivity contribution in [3.8, 4) is 28.9 Å². The Balaban J connectivity index is 1.40. The molecule has 0 aliphatic rings. The SMILES string of the molecule is CCCCCCCCCCC=Cc1cc(O)n(-c2cc(C(=O)NCCCCOc3ccc(C(C)(C)CC)cc3C(C)(C)CC)c(O)c3ccccc23)c1O. The van der Waals surface area contributed by atoms with Crippen LogP contribution in [0.1, 0.15) is 159 Å². The van der Waals surface area contributed by atoms with Crippen LogP contribution in [-0.4, -0.2) is 38.9 Å². The van der Waals surface area contributed by atoms with Gasteiger partial charge in [0.1, 0.15) is 11.5 Å². The molecule has 0 aliphatic carbocycles. The number of benzene rings is 3. The van der Waals surface area contributed by atoms with E-state index in [0.717, 1.165) is 37.9 Å². The van der Waals surface area contributed by atoms with Gasteiger partial charge in [0.15, 0.2) is 5.88 Å². The molecule has 0 unspecified atom stereocenters. The van der Waals surface area contributed by atoms with Gasteiger partial charge in [0, 0.05) is 34.5 Å². The van der Waals surface area contributed by atoms with Gasteiger partial charge in [-0.25, -0.2) is 0 Å². The number of carbonyl (C=O) groups is 1. The van der Waals surface area contributed by atoms with E-state index >= 15 is 0 Å². The van der Waals surface area contributed by atoms with Crippen molar-refractivity contribution < 1.29 is 24.9 Å². The van der Waals surface area contributed by atoms with Crippen LogP contribution in [0.5, 0.6) is 23.3 Å². The molecule has 1 heterocycles. The zero-order valence-electron chi connectivity index (χ0n) is 34.1. The van der Waals surface area contributed by atoms with E-state index in [1.807, 2.05) is 18.2 Å². The molecule has 7 heteroatoms. The average Bonchev–Trinajstić information content (AvgIpc) is 3.45. The second kappa shape index (κ2) is 19.8. The molecule has 1 aromatic heterocycles. The van der Waals surface area contributed by atoms with E-state index in [1.54, 1.807) is 18.2 Å². The van der Waals surface area contributed by atoms with E-state index < -0.39 is 5.91 Å². The lowest BCUT2D eigenvalue weighted by Gasteiger charge is -2.30. The number of amides is 1. The molecule has 0 saturated carbocycles. The molecular formula is C47H66N2O5. The number of rotatable bonds is 22. The van der Waals surface area contributed by atoms with Crippen molar-refractivity contribution in [2.45, 2.75) is 143 Å². The monoisotopic (exact) mass is 738 g/mol. The number of unbranched alkanes of at least 4 members (excludes halogenated alkanes) is 9. The highest BCUT2D eigenvalue weighted by atomic mass is 16.5. The fourth-order valence-electron chi connectivity index (χ4n) is 6.88. The summed E-state index contributed by atoms with van der Waals surface area (Å²) in [5.74, 6) is 0.0474. The molecule has 0 bridgehead atoms. The molecule has 54 heavy (non-hydrogen) atoms. The van der Waals surface area contributed by atoms with Gasteiger partial charge in [-0.1, -0.05) is 142 Å². The number of fused-ring (bicyclic) bond motifs is 1. The van der Waals surface area contributed by atoms with E-state index in [9.17, 15) is 20.1 Å². The normalized spacial score (nSPS) is 12.2. The average molecular weight is 739 g/mol. The first-order valence-corrected chi connectivity index (χ1v) is 20.5. The Morgan fingerprint density at radius 2 is 1.44 bits per heavy atom. The second-order valence-electron chi connectivity index (χ2n) is 16.1. The summed E-state index contributed by atoms with van der Waals surface area (Å²) in [4.78, 5) is 13.5. The maximum Gasteiger partial charge on any atom is 0.255 e. The van der Waals surface area contributed by atoms with Gasteiger partial charge < -0.3 is 25.4 Å². The summed E-state index contributed by atoms with van der Waals surface area (Å²) < 4.78 is 7.66. The van der Waals surface area contributed by atoms with Crippen LogP contribution in [0, 0.1) is 0 Å². The summed E-state index contributed by atoms with van der Waals surface area (Å²) >= 11 is 0. The first kappa shape index (κ1) is 42.4. The van der Waals surface area contributed by atoms with Crippen molar-refractivity contribution in [2.75, 3.05) is 13.2 Å². The largest absolute Gasteiger partial charge is 0.506 e. The minimum atomic E-state index is -0.432. The first-order valence-electron chi connectivity index (χ1n) is 20.5. The highest BCUT2D eigenvalue weighted by Gasteiger charge is 2.27. The lowest BCUT2D eigenvalue weighted by molar-refractivity contribution is 0.0949. The summed E-state index contributed by atoms with van der Waals surface area (Å²) in [6, 6.07) is 16.8. The van der Waals surface area contributed by atoms with Crippen molar-refractivity contribution in [1.82, 2.24) is 9.88 Å². The number of nitrogens with zero attached hydrogens (tertiary/aromatic N) is 1. The maximum absolute atomic E-state index is 13.5. The van der Waals surface area contributed by atoms with Crippen molar-refractivity contribution in [1.29, 1.82) is 0 Å². The Morgan fingerprint density at radius 3 is 2.13 bits per heavy atom. The number of hydrogen-bond acceptors (Lipinski definition) is 5. The van der Waals surface area contributed by atoms with E-state index in [4.69, 9.17) is 4.74 Å². The number of ether oxygens (including phenoxy) is 1. The number of allylic oxidation sites excluding steroid dienone is 1. The number of hydrogen-bond donors (Lipinski definition) is 4. The third-order valence-corrected chi connectivity index (χ3v) is 11.4. The van der Waals surface area contributed by atoms with Gasteiger partial charge in [-0.15, -0.1) is 0 Å². The summed E-state index contributed by atoms with van der Waals surface area (Å²) in [6.07, 6.45) is 18.2. The topological polar surface area (TPSA) is 104 Å². The highest BCUT2D eigenvalue weighted by Crippen LogP contribution is 2.41. The van der Waals surface area contributed by atoms with Crippen LogP contribution in [0.4, 0.5) is 0 Å². The van der Waals surface area contributed by atoms with Crippen LogP contribution in [0.2, 0.25) is 0 Å². The van der Waals surface area contributed by atoms with Crippen LogP contribution in [-0.2, 0) is 10.8 Å². The van der Waals surface area contributed by atoms with E-state index in [-0.39, 0.29) is 33.9 Å². The Morgan fingerprint density at radius 1 is 0.778 bits per heavy atom. The van der Waals surface area contributed by atoms with E-state index in [2.05, 4.69) is 72.0 Å². The predicted octanol–water partition coefficient (Wildman–Crippen LogP) is 12.3. The molecule has 4 N–H and O–H groups in total.